The first-order valence-electron chi connectivity index (χ1n) is 10.6. The van der Waals surface area contributed by atoms with Crippen LogP contribution < -0.4 is 10.1 Å². The fraction of sp³-hybridized carbons (Fsp3) is 0.240. The second kappa shape index (κ2) is 8.22. The molecule has 0 atom stereocenters. The Labute approximate surface area is 180 Å². The van der Waals surface area contributed by atoms with E-state index in [4.69, 9.17) is 4.74 Å². The predicted octanol–water partition coefficient (Wildman–Crippen LogP) is 4.74. The Morgan fingerprint density at radius 2 is 1.68 bits per heavy atom. The van der Waals surface area contributed by atoms with E-state index in [1.807, 2.05) is 65.3 Å². The van der Waals surface area contributed by atoms with Crippen molar-refractivity contribution in [3.63, 3.8) is 0 Å². The summed E-state index contributed by atoms with van der Waals surface area (Å²) in [4.78, 5) is 21.5. The molecule has 1 aliphatic rings. The highest BCUT2D eigenvalue weighted by Crippen LogP contribution is 2.26. The van der Waals surface area contributed by atoms with E-state index in [-0.39, 0.29) is 5.91 Å². The van der Waals surface area contributed by atoms with Gasteiger partial charge in [0.15, 0.2) is 5.65 Å². The highest BCUT2D eigenvalue weighted by Gasteiger charge is 2.18. The number of fused-ring (bicyclic) bond motifs is 1. The van der Waals surface area contributed by atoms with Crippen molar-refractivity contribution in [3.05, 3.63) is 72.7 Å². The summed E-state index contributed by atoms with van der Waals surface area (Å²) in [5.41, 5.74) is 5.26. The Morgan fingerprint density at radius 3 is 2.39 bits per heavy atom. The molecule has 0 radical (unpaired) electrons. The molecule has 2 heterocycles. The van der Waals surface area contributed by atoms with Crippen LogP contribution in [0.4, 0.5) is 0 Å². The molecule has 4 aromatic rings. The van der Waals surface area contributed by atoms with Crippen molar-refractivity contribution in [1.82, 2.24) is 19.7 Å². The minimum absolute atomic E-state index is 0.00161. The summed E-state index contributed by atoms with van der Waals surface area (Å²) in [6.07, 6.45) is 10.2. The molecule has 31 heavy (non-hydrogen) atoms. The highest BCUT2D eigenvalue weighted by molar-refractivity contribution is 5.94. The average Bonchev–Trinajstić information content (AvgIpc) is 3.48. The summed E-state index contributed by atoms with van der Waals surface area (Å²) in [5.74, 6) is 0.815. The monoisotopic (exact) mass is 412 g/mol. The summed E-state index contributed by atoms with van der Waals surface area (Å²) in [5, 5.41) is 3.13. The van der Waals surface area contributed by atoms with Crippen molar-refractivity contribution in [1.29, 1.82) is 0 Å². The lowest BCUT2D eigenvalue weighted by Gasteiger charge is -2.12. The molecule has 0 saturated heterocycles. The lowest BCUT2D eigenvalue weighted by molar-refractivity contribution is 0.0938. The van der Waals surface area contributed by atoms with E-state index in [0.29, 0.717) is 11.6 Å². The maximum atomic E-state index is 12.5. The van der Waals surface area contributed by atoms with E-state index in [0.717, 1.165) is 46.8 Å². The molecular formula is C25H24N4O2. The second-order valence-corrected chi connectivity index (χ2v) is 7.90. The molecule has 2 aromatic heterocycles. The number of methoxy groups -OCH3 is 1. The van der Waals surface area contributed by atoms with Crippen LogP contribution in [0.5, 0.6) is 5.75 Å². The van der Waals surface area contributed by atoms with Gasteiger partial charge in [0.2, 0.25) is 0 Å². The molecular weight excluding hydrogens is 388 g/mol. The third kappa shape index (κ3) is 3.89. The number of imidazole rings is 1. The molecule has 6 nitrogen and oxygen atoms in total. The molecule has 0 bridgehead atoms. The smallest absolute Gasteiger partial charge is 0.251 e. The normalized spacial score (nSPS) is 14.1. The fourth-order valence-electron chi connectivity index (χ4n) is 4.14. The Balaban J connectivity index is 1.41. The largest absolute Gasteiger partial charge is 0.497 e. The van der Waals surface area contributed by atoms with Gasteiger partial charge in [-0.05, 0) is 49.2 Å². The predicted molar refractivity (Wildman–Crippen MR) is 120 cm³/mol. The van der Waals surface area contributed by atoms with Crippen LogP contribution in [0.15, 0.2) is 67.1 Å². The number of rotatable bonds is 5. The zero-order valence-electron chi connectivity index (χ0n) is 17.4. The van der Waals surface area contributed by atoms with E-state index >= 15 is 0 Å². The Bertz CT molecular complexity index is 1210. The van der Waals surface area contributed by atoms with Crippen molar-refractivity contribution in [2.45, 2.75) is 31.7 Å². The first-order valence-corrected chi connectivity index (χ1v) is 10.6. The van der Waals surface area contributed by atoms with Gasteiger partial charge in [-0.1, -0.05) is 25.0 Å². The molecule has 5 rings (SSSR count). The third-order valence-corrected chi connectivity index (χ3v) is 5.91. The maximum Gasteiger partial charge on any atom is 0.251 e. The van der Waals surface area contributed by atoms with Crippen molar-refractivity contribution in [2.24, 2.45) is 0 Å². The quantitative estimate of drug-likeness (QED) is 0.514. The molecule has 1 aliphatic carbocycles. The van der Waals surface area contributed by atoms with Gasteiger partial charge in [-0.15, -0.1) is 0 Å². The van der Waals surface area contributed by atoms with Crippen LogP contribution in [0.25, 0.3) is 28.2 Å². The summed E-state index contributed by atoms with van der Waals surface area (Å²) in [6.45, 7) is 0. The molecule has 1 N–H and O–H groups in total. The number of nitrogens with one attached hydrogen (secondary N) is 1. The summed E-state index contributed by atoms with van der Waals surface area (Å²) >= 11 is 0. The van der Waals surface area contributed by atoms with Crippen LogP contribution in [0.2, 0.25) is 0 Å². The Kier molecular flexibility index (Phi) is 5.12. The van der Waals surface area contributed by atoms with Gasteiger partial charge in [0.05, 0.1) is 30.9 Å². The lowest BCUT2D eigenvalue weighted by atomic mass is 10.1. The summed E-state index contributed by atoms with van der Waals surface area (Å²) in [7, 11) is 1.66. The topological polar surface area (TPSA) is 68.5 Å². The van der Waals surface area contributed by atoms with E-state index in [1.165, 1.54) is 12.8 Å². The molecule has 6 heteroatoms. The van der Waals surface area contributed by atoms with Crippen molar-refractivity contribution < 1.29 is 9.53 Å². The van der Waals surface area contributed by atoms with Crippen molar-refractivity contribution in [3.8, 4) is 28.3 Å². The number of aromatic nitrogens is 3. The SMILES string of the molecule is COc1ccc(-c2cnc3cnc(-c4ccc(C(=O)NC5CCCC5)cc4)cn23)cc1. The van der Waals surface area contributed by atoms with Crippen molar-refractivity contribution in [2.75, 3.05) is 7.11 Å². The number of hydrogen-bond acceptors (Lipinski definition) is 4. The third-order valence-electron chi connectivity index (χ3n) is 5.91. The summed E-state index contributed by atoms with van der Waals surface area (Å²) < 4.78 is 7.29. The number of amides is 1. The molecule has 2 aromatic carbocycles. The highest BCUT2D eigenvalue weighted by atomic mass is 16.5. The van der Waals surface area contributed by atoms with Gasteiger partial charge < -0.3 is 10.1 Å². The van der Waals surface area contributed by atoms with Crippen molar-refractivity contribution >= 4 is 11.6 Å². The number of hydrogen-bond donors (Lipinski definition) is 1. The zero-order chi connectivity index (χ0) is 21.2. The Hall–Kier alpha value is -3.67. The molecule has 1 amide bonds. The van der Waals surface area contributed by atoms with E-state index in [2.05, 4.69) is 15.3 Å². The van der Waals surface area contributed by atoms with Gasteiger partial charge >= 0.3 is 0 Å². The molecule has 0 spiro atoms. The molecule has 156 valence electrons. The standard InChI is InChI=1S/C25H24N4O2/c1-31-21-12-10-18(11-13-21)23-14-27-24-15-26-22(16-29(23)24)17-6-8-19(9-7-17)25(30)28-20-4-2-3-5-20/h6-16,20H,2-5H2,1H3,(H,28,30). The fourth-order valence-corrected chi connectivity index (χ4v) is 4.14. The number of ether oxygens (including phenoxy) is 1. The van der Waals surface area contributed by atoms with Crippen LogP contribution >= 0.6 is 0 Å². The van der Waals surface area contributed by atoms with E-state index < -0.39 is 0 Å². The molecule has 1 saturated carbocycles. The van der Waals surface area contributed by atoms with E-state index in [9.17, 15) is 4.79 Å². The van der Waals surface area contributed by atoms with Gasteiger partial charge in [-0.2, -0.15) is 0 Å². The maximum absolute atomic E-state index is 12.5. The van der Waals surface area contributed by atoms with Gasteiger partial charge in [0.25, 0.3) is 5.91 Å². The molecule has 1 fully saturated rings. The lowest BCUT2D eigenvalue weighted by Crippen LogP contribution is -2.32. The minimum Gasteiger partial charge on any atom is -0.497 e. The van der Waals surface area contributed by atoms with Crippen LogP contribution in [-0.4, -0.2) is 33.4 Å². The molecule has 0 aliphatic heterocycles. The van der Waals surface area contributed by atoms with Crippen LogP contribution in [0.3, 0.4) is 0 Å². The van der Waals surface area contributed by atoms with Gasteiger partial charge in [-0.25, -0.2) is 4.98 Å². The van der Waals surface area contributed by atoms with Crippen LogP contribution in [-0.2, 0) is 0 Å². The number of nitrogens with zero attached hydrogens (tertiary/aromatic N) is 3. The minimum atomic E-state index is -0.00161. The van der Waals surface area contributed by atoms with Gasteiger partial charge in [0, 0.05) is 28.9 Å². The number of benzene rings is 2. The van der Waals surface area contributed by atoms with Gasteiger partial charge in [-0.3, -0.25) is 14.2 Å². The average molecular weight is 412 g/mol. The summed E-state index contributed by atoms with van der Waals surface area (Å²) in [6, 6.07) is 15.8. The van der Waals surface area contributed by atoms with Crippen LogP contribution in [0, 0.1) is 0 Å². The first kappa shape index (κ1) is 19.3. The zero-order valence-corrected chi connectivity index (χ0v) is 17.4. The number of carbonyl (C=O) groups is 1. The molecule has 0 unspecified atom stereocenters. The number of carbonyl (C=O) groups excluding carboxylic acids is 1. The van der Waals surface area contributed by atoms with E-state index in [1.54, 1.807) is 13.3 Å². The first-order chi connectivity index (χ1) is 15.2. The Morgan fingerprint density at radius 1 is 0.968 bits per heavy atom. The second-order valence-electron chi connectivity index (χ2n) is 7.90. The van der Waals surface area contributed by atoms with Gasteiger partial charge in [0.1, 0.15) is 5.75 Å². The van der Waals surface area contributed by atoms with Crippen LogP contribution in [0.1, 0.15) is 36.0 Å².